The number of nitrogens with one attached hydrogen (secondary N) is 1. The van der Waals surface area contributed by atoms with E-state index in [-0.39, 0.29) is 6.03 Å². The number of para-hydroxylation sites is 1. The largest absolute Gasteiger partial charge is 0.324 e. The van der Waals surface area contributed by atoms with Crippen LogP contribution in [0.5, 0.6) is 0 Å². The number of halogens is 1. The number of anilines is 1. The molecule has 1 fully saturated rings. The fourth-order valence-electron chi connectivity index (χ4n) is 3.24. The van der Waals surface area contributed by atoms with Gasteiger partial charge in [0.15, 0.2) is 5.65 Å². The summed E-state index contributed by atoms with van der Waals surface area (Å²) in [5.74, 6) is 0. The maximum atomic E-state index is 12.5. The highest BCUT2D eigenvalue weighted by molar-refractivity contribution is 9.10. The van der Waals surface area contributed by atoms with Crippen LogP contribution in [0.4, 0.5) is 10.5 Å². The molecule has 128 valence electrons. The summed E-state index contributed by atoms with van der Waals surface area (Å²) in [4.78, 5) is 23.2. The van der Waals surface area contributed by atoms with Crippen LogP contribution in [0.1, 0.15) is 18.9 Å². The minimum Gasteiger partial charge on any atom is -0.324 e. The van der Waals surface area contributed by atoms with Gasteiger partial charge in [0.05, 0.1) is 12.0 Å². The van der Waals surface area contributed by atoms with E-state index in [2.05, 4.69) is 35.8 Å². The van der Waals surface area contributed by atoms with Crippen molar-refractivity contribution in [3.8, 4) is 0 Å². The van der Waals surface area contributed by atoms with Gasteiger partial charge in [0.2, 0.25) is 0 Å². The number of nitrogens with zero attached hydrogens (tertiary/aromatic N) is 4. The summed E-state index contributed by atoms with van der Waals surface area (Å²) in [6.07, 6.45) is 5.44. The maximum Gasteiger partial charge on any atom is 0.321 e. The molecule has 7 heteroatoms. The van der Waals surface area contributed by atoms with Gasteiger partial charge in [-0.15, -0.1) is 0 Å². The van der Waals surface area contributed by atoms with Crippen LogP contribution in [-0.4, -0.2) is 38.6 Å². The van der Waals surface area contributed by atoms with Crippen molar-refractivity contribution >= 4 is 38.8 Å². The second-order valence-corrected chi connectivity index (χ2v) is 6.98. The third kappa shape index (κ3) is 3.24. The molecular weight excluding hydrogens is 382 g/mol. The first-order valence-corrected chi connectivity index (χ1v) is 9.09. The zero-order valence-electron chi connectivity index (χ0n) is 13.6. The van der Waals surface area contributed by atoms with E-state index in [0.717, 1.165) is 34.2 Å². The molecule has 0 saturated carbocycles. The zero-order chi connectivity index (χ0) is 17.2. The summed E-state index contributed by atoms with van der Waals surface area (Å²) in [6, 6.07) is 11.8. The molecule has 1 aliphatic rings. The number of carbonyl (C=O) groups is 1. The second kappa shape index (κ2) is 6.84. The lowest BCUT2D eigenvalue weighted by Gasteiger charge is -2.32. The average molecular weight is 400 g/mol. The molecule has 1 aromatic carbocycles. The summed E-state index contributed by atoms with van der Waals surface area (Å²) in [7, 11) is 0. The molecule has 1 aliphatic heterocycles. The summed E-state index contributed by atoms with van der Waals surface area (Å²) < 4.78 is 3.02. The van der Waals surface area contributed by atoms with Gasteiger partial charge in [-0.1, -0.05) is 12.1 Å². The first-order valence-electron chi connectivity index (χ1n) is 8.30. The van der Waals surface area contributed by atoms with Crippen molar-refractivity contribution in [3.05, 3.63) is 53.4 Å². The van der Waals surface area contributed by atoms with Crippen molar-refractivity contribution in [3.63, 3.8) is 0 Å². The van der Waals surface area contributed by atoms with E-state index in [1.807, 2.05) is 47.6 Å². The van der Waals surface area contributed by atoms with Crippen LogP contribution in [-0.2, 0) is 0 Å². The van der Waals surface area contributed by atoms with Crippen LogP contribution in [0.25, 0.3) is 11.2 Å². The Hall–Kier alpha value is -2.41. The molecule has 0 unspecified atom stereocenters. The fourth-order valence-corrected chi connectivity index (χ4v) is 3.62. The highest BCUT2D eigenvalue weighted by Gasteiger charge is 2.25. The number of benzene rings is 1. The Morgan fingerprint density at radius 1 is 1.12 bits per heavy atom. The van der Waals surface area contributed by atoms with E-state index in [9.17, 15) is 4.79 Å². The lowest BCUT2D eigenvalue weighted by Crippen LogP contribution is -2.41. The Morgan fingerprint density at radius 2 is 1.92 bits per heavy atom. The normalized spacial score (nSPS) is 15.5. The highest BCUT2D eigenvalue weighted by Crippen LogP contribution is 2.27. The molecular formula is C18H18BrN5O. The number of hydrogen-bond acceptors (Lipinski definition) is 3. The third-order valence-electron chi connectivity index (χ3n) is 4.59. The van der Waals surface area contributed by atoms with Gasteiger partial charge in [-0.2, -0.15) is 0 Å². The topological polar surface area (TPSA) is 63.1 Å². The van der Waals surface area contributed by atoms with Crippen molar-refractivity contribution < 1.29 is 4.79 Å². The number of aromatic nitrogens is 3. The Morgan fingerprint density at radius 3 is 2.72 bits per heavy atom. The minimum atomic E-state index is -0.0565. The monoisotopic (exact) mass is 399 g/mol. The lowest BCUT2D eigenvalue weighted by molar-refractivity contribution is 0.184. The summed E-state index contributed by atoms with van der Waals surface area (Å²) in [5.41, 5.74) is 2.62. The zero-order valence-corrected chi connectivity index (χ0v) is 15.2. The van der Waals surface area contributed by atoms with E-state index in [1.54, 1.807) is 6.20 Å². The Kier molecular flexibility index (Phi) is 4.40. The van der Waals surface area contributed by atoms with Gasteiger partial charge >= 0.3 is 6.03 Å². The number of urea groups is 1. The molecule has 1 N–H and O–H groups in total. The molecule has 0 spiro atoms. The van der Waals surface area contributed by atoms with Gasteiger partial charge in [-0.3, -0.25) is 0 Å². The fraction of sp³-hybridized carbons (Fsp3) is 0.278. The molecule has 25 heavy (non-hydrogen) atoms. The maximum absolute atomic E-state index is 12.5. The van der Waals surface area contributed by atoms with Crippen molar-refractivity contribution in [1.29, 1.82) is 0 Å². The van der Waals surface area contributed by atoms with Crippen LogP contribution in [0.15, 0.2) is 53.4 Å². The molecule has 0 radical (unpaired) electrons. The van der Waals surface area contributed by atoms with Crippen molar-refractivity contribution in [2.24, 2.45) is 0 Å². The number of pyridine rings is 1. The van der Waals surface area contributed by atoms with Gasteiger partial charge in [0.25, 0.3) is 0 Å². The minimum absolute atomic E-state index is 0.0565. The second-order valence-electron chi connectivity index (χ2n) is 6.13. The Bertz CT molecular complexity index is 901. The Labute approximate surface area is 154 Å². The van der Waals surface area contributed by atoms with Crippen LogP contribution in [0.3, 0.4) is 0 Å². The summed E-state index contributed by atoms with van der Waals surface area (Å²) in [5, 5.41) is 2.97. The molecule has 1 saturated heterocycles. The molecule has 0 bridgehead atoms. The molecule has 0 aliphatic carbocycles. The number of rotatable bonds is 2. The smallest absolute Gasteiger partial charge is 0.321 e. The number of carbonyl (C=O) groups excluding carboxylic acids is 1. The molecule has 3 heterocycles. The van der Waals surface area contributed by atoms with Crippen molar-refractivity contribution in [1.82, 2.24) is 19.4 Å². The molecule has 4 rings (SSSR count). The van der Waals surface area contributed by atoms with Crippen LogP contribution in [0, 0.1) is 0 Å². The van der Waals surface area contributed by atoms with Crippen molar-refractivity contribution in [2.45, 2.75) is 18.9 Å². The molecule has 6 nitrogen and oxygen atoms in total. The van der Waals surface area contributed by atoms with Gasteiger partial charge in [-0.05, 0) is 53.0 Å². The standard InChI is InChI=1S/C18H18BrN5O/c19-14-4-1-2-5-15(14)22-18(25)23-10-7-13(8-11-23)24-12-21-16-6-3-9-20-17(16)24/h1-6,9,12-13H,7-8,10-11H2,(H,22,25). The van der Waals surface area contributed by atoms with Gasteiger partial charge < -0.3 is 14.8 Å². The van der Waals surface area contributed by atoms with Gasteiger partial charge in [-0.25, -0.2) is 14.8 Å². The predicted octanol–water partition coefficient (Wildman–Crippen LogP) is 4.06. The summed E-state index contributed by atoms with van der Waals surface area (Å²) >= 11 is 3.46. The van der Waals surface area contributed by atoms with Crippen LogP contribution < -0.4 is 5.32 Å². The Balaban J connectivity index is 1.41. The number of amides is 2. The molecule has 3 aromatic rings. The SMILES string of the molecule is O=C(Nc1ccccc1Br)N1CCC(n2cnc3cccnc32)CC1. The van der Waals surface area contributed by atoms with E-state index in [0.29, 0.717) is 19.1 Å². The van der Waals surface area contributed by atoms with Gasteiger partial charge in [0, 0.05) is 29.8 Å². The number of imidazole rings is 1. The van der Waals surface area contributed by atoms with Crippen LogP contribution >= 0.6 is 15.9 Å². The highest BCUT2D eigenvalue weighted by atomic mass is 79.9. The van der Waals surface area contributed by atoms with E-state index in [4.69, 9.17) is 0 Å². The first kappa shape index (κ1) is 16.1. The molecule has 2 aromatic heterocycles. The number of piperidine rings is 1. The van der Waals surface area contributed by atoms with Crippen molar-refractivity contribution in [2.75, 3.05) is 18.4 Å². The van der Waals surface area contributed by atoms with E-state index < -0.39 is 0 Å². The summed E-state index contributed by atoms with van der Waals surface area (Å²) in [6.45, 7) is 1.43. The van der Waals surface area contributed by atoms with Gasteiger partial charge in [0.1, 0.15) is 5.52 Å². The van der Waals surface area contributed by atoms with E-state index in [1.165, 1.54) is 0 Å². The molecule has 0 atom stereocenters. The van der Waals surface area contributed by atoms with E-state index >= 15 is 0 Å². The quantitative estimate of drug-likeness (QED) is 0.706. The average Bonchev–Trinajstić information content (AvgIpc) is 3.08. The lowest BCUT2D eigenvalue weighted by atomic mass is 10.1. The molecule has 2 amide bonds. The first-order chi connectivity index (χ1) is 12.2. The van der Waals surface area contributed by atoms with Crippen LogP contribution in [0.2, 0.25) is 0 Å². The number of hydrogen-bond donors (Lipinski definition) is 1. The predicted molar refractivity (Wildman–Crippen MR) is 101 cm³/mol. The number of fused-ring (bicyclic) bond motifs is 1. The number of likely N-dealkylation sites (tertiary alicyclic amines) is 1. The third-order valence-corrected chi connectivity index (χ3v) is 5.28.